The maximum atomic E-state index is 9.17. The minimum absolute atomic E-state index is 0.283. The Morgan fingerprint density at radius 3 is 2.50 bits per heavy atom. The van der Waals surface area contributed by atoms with Crippen LogP contribution in [0.4, 0.5) is 0 Å². The smallest absolute Gasteiger partial charge is 0.0895 e. The number of rotatable bonds is 9. The molecule has 14 heavy (non-hydrogen) atoms. The zero-order valence-electron chi connectivity index (χ0n) is 9.54. The Hall–Kier alpha value is -0.120. The molecule has 86 valence electrons. The highest BCUT2D eigenvalue weighted by atomic mass is 16.5. The third-order valence-electron chi connectivity index (χ3n) is 2.48. The molecule has 2 atom stereocenters. The molecule has 0 rings (SSSR count). The van der Waals surface area contributed by atoms with Gasteiger partial charge in [-0.05, 0) is 12.3 Å². The summed E-state index contributed by atoms with van der Waals surface area (Å²) in [7, 11) is 0. The summed E-state index contributed by atoms with van der Waals surface area (Å²) in [5.74, 6) is 0.639. The van der Waals surface area contributed by atoms with Gasteiger partial charge in [-0.1, -0.05) is 33.1 Å². The topological polar surface area (TPSA) is 55.5 Å². The Balaban J connectivity index is 3.42. The van der Waals surface area contributed by atoms with Gasteiger partial charge in [-0.3, -0.25) is 0 Å². The molecule has 0 fully saturated rings. The molecule has 3 nitrogen and oxygen atoms in total. The largest absolute Gasteiger partial charge is 0.389 e. The summed E-state index contributed by atoms with van der Waals surface area (Å²) in [4.78, 5) is 0. The number of nitrogens with two attached hydrogens (primary N) is 1. The average molecular weight is 203 g/mol. The average Bonchev–Trinajstić information content (AvgIpc) is 2.22. The van der Waals surface area contributed by atoms with E-state index in [0.717, 1.165) is 13.0 Å². The second kappa shape index (κ2) is 9.44. The SMILES string of the molecule is CCCC[C@@H](CC)COC[C@@H](O)CN. The van der Waals surface area contributed by atoms with Crippen LogP contribution in [-0.2, 0) is 4.74 Å². The first kappa shape index (κ1) is 13.9. The summed E-state index contributed by atoms with van der Waals surface area (Å²) in [5.41, 5.74) is 5.27. The molecular formula is C11H25NO2. The highest BCUT2D eigenvalue weighted by Crippen LogP contribution is 2.12. The molecule has 0 aliphatic carbocycles. The van der Waals surface area contributed by atoms with Crippen molar-refractivity contribution in [2.24, 2.45) is 11.7 Å². The van der Waals surface area contributed by atoms with Crippen LogP contribution in [0.1, 0.15) is 39.5 Å². The third-order valence-corrected chi connectivity index (χ3v) is 2.48. The van der Waals surface area contributed by atoms with Crippen LogP contribution in [-0.4, -0.2) is 31.0 Å². The second-order valence-corrected chi connectivity index (χ2v) is 3.84. The lowest BCUT2D eigenvalue weighted by atomic mass is 10.0. The van der Waals surface area contributed by atoms with Crippen molar-refractivity contribution in [3.63, 3.8) is 0 Å². The minimum atomic E-state index is -0.501. The van der Waals surface area contributed by atoms with Gasteiger partial charge in [0.2, 0.25) is 0 Å². The molecule has 0 amide bonds. The van der Waals surface area contributed by atoms with Gasteiger partial charge in [-0.15, -0.1) is 0 Å². The number of aliphatic hydroxyl groups is 1. The van der Waals surface area contributed by atoms with Gasteiger partial charge in [0.1, 0.15) is 0 Å². The number of aliphatic hydroxyl groups excluding tert-OH is 1. The number of unbranched alkanes of at least 4 members (excludes halogenated alkanes) is 1. The van der Waals surface area contributed by atoms with Crippen molar-refractivity contribution in [1.82, 2.24) is 0 Å². The lowest BCUT2D eigenvalue weighted by Crippen LogP contribution is -2.26. The minimum Gasteiger partial charge on any atom is -0.389 e. The van der Waals surface area contributed by atoms with E-state index < -0.39 is 6.10 Å². The molecule has 0 aromatic heterocycles. The normalized spacial score (nSPS) is 15.4. The molecule has 0 saturated carbocycles. The molecule has 0 radical (unpaired) electrons. The standard InChI is InChI=1S/C11H25NO2/c1-3-5-6-10(4-2)8-14-9-11(13)7-12/h10-11,13H,3-9,12H2,1-2H3/t10-,11+/m1/s1. The van der Waals surface area contributed by atoms with Gasteiger partial charge in [0, 0.05) is 13.2 Å². The molecule has 0 aromatic rings. The van der Waals surface area contributed by atoms with E-state index in [0.29, 0.717) is 12.5 Å². The number of ether oxygens (including phenoxy) is 1. The summed E-state index contributed by atoms with van der Waals surface area (Å²) in [6.45, 7) is 5.80. The summed E-state index contributed by atoms with van der Waals surface area (Å²) < 4.78 is 5.41. The van der Waals surface area contributed by atoms with Gasteiger partial charge in [0.05, 0.1) is 12.7 Å². The van der Waals surface area contributed by atoms with E-state index in [2.05, 4.69) is 13.8 Å². The number of hydrogen-bond donors (Lipinski definition) is 2. The molecule has 0 bridgehead atoms. The van der Waals surface area contributed by atoms with Crippen molar-refractivity contribution >= 4 is 0 Å². The van der Waals surface area contributed by atoms with Crippen molar-refractivity contribution in [3.05, 3.63) is 0 Å². The molecule has 3 N–H and O–H groups in total. The zero-order chi connectivity index (χ0) is 10.8. The highest BCUT2D eigenvalue weighted by Gasteiger charge is 2.07. The van der Waals surface area contributed by atoms with E-state index >= 15 is 0 Å². The number of hydrogen-bond acceptors (Lipinski definition) is 3. The van der Waals surface area contributed by atoms with E-state index in [1.807, 2.05) is 0 Å². The van der Waals surface area contributed by atoms with E-state index in [-0.39, 0.29) is 6.54 Å². The molecule has 0 aliphatic rings. The summed E-state index contributed by atoms with van der Waals surface area (Å²) in [6, 6.07) is 0. The van der Waals surface area contributed by atoms with Gasteiger partial charge in [0.15, 0.2) is 0 Å². The maximum absolute atomic E-state index is 9.17. The summed E-state index contributed by atoms with van der Waals surface area (Å²) >= 11 is 0. The molecule has 0 saturated heterocycles. The van der Waals surface area contributed by atoms with Crippen molar-refractivity contribution in [2.45, 2.75) is 45.6 Å². The Kier molecular flexibility index (Phi) is 9.35. The summed E-state index contributed by atoms with van der Waals surface area (Å²) in [6.07, 6.45) is 4.38. The van der Waals surface area contributed by atoms with Crippen molar-refractivity contribution < 1.29 is 9.84 Å². The van der Waals surface area contributed by atoms with E-state index in [4.69, 9.17) is 15.6 Å². The van der Waals surface area contributed by atoms with E-state index in [9.17, 15) is 0 Å². The first-order chi connectivity index (χ1) is 6.74. The second-order valence-electron chi connectivity index (χ2n) is 3.84. The van der Waals surface area contributed by atoms with Gasteiger partial charge in [-0.2, -0.15) is 0 Å². The Labute approximate surface area is 87.6 Å². The molecule has 0 aromatic carbocycles. The molecule has 3 heteroatoms. The van der Waals surface area contributed by atoms with Crippen LogP contribution in [0.5, 0.6) is 0 Å². The zero-order valence-corrected chi connectivity index (χ0v) is 9.54. The van der Waals surface area contributed by atoms with Gasteiger partial charge in [0.25, 0.3) is 0 Å². The van der Waals surface area contributed by atoms with E-state index in [1.165, 1.54) is 19.3 Å². The van der Waals surface area contributed by atoms with Crippen molar-refractivity contribution in [1.29, 1.82) is 0 Å². The summed E-state index contributed by atoms with van der Waals surface area (Å²) in [5, 5.41) is 9.17. The Morgan fingerprint density at radius 1 is 1.29 bits per heavy atom. The van der Waals surface area contributed by atoms with Crippen LogP contribution < -0.4 is 5.73 Å². The first-order valence-corrected chi connectivity index (χ1v) is 5.70. The quantitative estimate of drug-likeness (QED) is 0.597. The van der Waals surface area contributed by atoms with E-state index in [1.54, 1.807) is 0 Å². The molecular weight excluding hydrogens is 178 g/mol. The fraction of sp³-hybridized carbons (Fsp3) is 1.00. The van der Waals surface area contributed by atoms with Crippen LogP contribution in [0.3, 0.4) is 0 Å². The lowest BCUT2D eigenvalue weighted by Gasteiger charge is -2.16. The van der Waals surface area contributed by atoms with Crippen LogP contribution in [0, 0.1) is 5.92 Å². The van der Waals surface area contributed by atoms with Crippen LogP contribution in [0.2, 0.25) is 0 Å². The van der Waals surface area contributed by atoms with Gasteiger partial charge in [-0.25, -0.2) is 0 Å². The highest BCUT2D eigenvalue weighted by molar-refractivity contribution is 4.58. The van der Waals surface area contributed by atoms with Crippen molar-refractivity contribution in [3.8, 4) is 0 Å². The Morgan fingerprint density at radius 2 is 2.00 bits per heavy atom. The molecule has 0 spiro atoms. The lowest BCUT2D eigenvalue weighted by molar-refractivity contribution is 0.0228. The monoisotopic (exact) mass is 203 g/mol. The molecule has 0 heterocycles. The maximum Gasteiger partial charge on any atom is 0.0895 e. The predicted octanol–water partition coefficient (Wildman–Crippen LogP) is 1.54. The van der Waals surface area contributed by atoms with Gasteiger partial charge < -0.3 is 15.6 Å². The van der Waals surface area contributed by atoms with Crippen molar-refractivity contribution in [2.75, 3.05) is 19.8 Å². The van der Waals surface area contributed by atoms with Gasteiger partial charge >= 0.3 is 0 Å². The van der Waals surface area contributed by atoms with Crippen LogP contribution in [0.25, 0.3) is 0 Å². The van der Waals surface area contributed by atoms with Crippen LogP contribution in [0.15, 0.2) is 0 Å². The molecule has 0 aliphatic heterocycles. The first-order valence-electron chi connectivity index (χ1n) is 5.70. The third kappa shape index (κ3) is 7.30. The molecule has 0 unspecified atom stereocenters. The Bertz CT molecular complexity index is 120. The van der Waals surface area contributed by atoms with Crippen LogP contribution >= 0.6 is 0 Å². The fourth-order valence-corrected chi connectivity index (χ4v) is 1.34. The fourth-order valence-electron chi connectivity index (χ4n) is 1.34. The predicted molar refractivity (Wildman–Crippen MR) is 59.2 cm³/mol.